The maximum absolute atomic E-state index is 13.8. The van der Waals surface area contributed by atoms with Gasteiger partial charge in [0.05, 0.1) is 12.1 Å². The van der Waals surface area contributed by atoms with Crippen molar-refractivity contribution in [3.8, 4) is 0 Å². The Morgan fingerprint density at radius 3 is 2.59 bits per heavy atom. The largest absolute Gasteiger partial charge is 0.337 e. The van der Waals surface area contributed by atoms with Crippen LogP contribution >= 0.6 is 0 Å². The van der Waals surface area contributed by atoms with E-state index in [2.05, 4.69) is 10.7 Å². The summed E-state index contributed by atoms with van der Waals surface area (Å²) in [7, 11) is 0. The summed E-state index contributed by atoms with van der Waals surface area (Å²) in [4.78, 5) is 25.8. The van der Waals surface area contributed by atoms with Crippen LogP contribution in [-0.2, 0) is 16.1 Å². The van der Waals surface area contributed by atoms with E-state index in [4.69, 9.17) is 0 Å². The van der Waals surface area contributed by atoms with Crippen molar-refractivity contribution in [2.24, 2.45) is 11.3 Å². The standard InChI is InChI=1S/C18H19F3N4O2/c19-14-2-16(21)15(20)1-11(14)4-25-5-12(3-23-25)17(27)24-6-13(7-26)18(10-24)8-22-9-18/h1-2,5,7,13,22-23H,3-4,6,8-10H2/t13-/m0/s1. The Labute approximate surface area is 154 Å². The fourth-order valence-corrected chi connectivity index (χ4v) is 3.93. The van der Waals surface area contributed by atoms with E-state index in [1.165, 1.54) is 5.01 Å². The second-order valence-electron chi connectivity index (χ2n) is 7.37. The smallest absolute Gasteiger partial charge is 0.252 e. The van der Waals surface area contributed by atoms with E-state index in [0.29, 0.717) is 24.7 Å². The van der Waals surface area contributed by atoms with E-state index in [0.717, 1.165) is 25.4 Å². The summed E-state index contributed by atoms with van der Waals surface area (Å²) in [5.74, 6) is -3.56. The molecule has 1 atom stereocenters. The number of hydrogen-bond donors (Lipinski definition) is 2. The van der Waals surface area contributed by atoms with Gasteiger partial charge < -0.3 is 20.0 Å². The van der Waals surface area contributed by atoms with Gasteiger partial charge in [-0.05, 0) is 6.07 Å². The molecule has 2 N–H and O–H groups in total. The van der Waals surface area contributed by atoms with Crippen LogP contribution in [0.3, 0.4) is 0 Å². The molecule has 4 rings (SSSR count). The van der Waals surface area contributed by atoms with Crippen molar-refractivity contribution < 1.29 is 22.8 Å². The van der Waals surface area contributed by atoms with Crippen molar-refractivity contribution in [3.63, 3.8) is 0 Å². The summed E-state index contributed by atoms with van der Waals surface area (Å²) in [6.07, 6.45) is 2.47. The minimum Gasteiger partial charge on any atom is -0.337 e. The van der Waals surface area contributed by atoms with Gasteiger partial charge in [0.25, 0.3) is 5.91 Å². The van der Waals surface area contributed by atoms with Gasteiger partial charge in [-0.15, -0.1) is 0 Å². The van der Waals surface area contributed by atoms with Crippen molar-refractivity contribution in [1.82, 2.24) is 20.7 Å². The number of likely N-dealkylation sites (tertiary alicyclic amines) is 1. The molecule has 144 valence electrons. The normalized spacial score (nSPS) is 23.5. The molecule has 0 radical (unpaired) electrons. The zero-order valence-electron chi connectivity index (χ0n) is 14.5. The summed E-state index contributed by atoms with van der Waals surface area (Å²) >= 11 is 0. The average molecular weight is 380 g/mol. The van der Waals surface area contributed by atoms with Crippen molar-refractivity contribution in [2.75, 3.05) is 32.7 Å². The Morgan fingerprint density at radius 2 is 1.96 bits per heavy atom. The van der Waals surface area contributed by atoms with Gasteiger partial charge >= 0.3 is 0 Å². The molecule has 1 aromatic rings. The molecule has 0 aromatic heterocycles. The number of carbonyl (C=O) groups is 2. The molecule has 9 heteroatoms. The third-order valence-corrected chi connectivity index (χ3v) is 5.60. The minimum atomic E-state index is -1.24. The lowest BCUT2D eigenvalue weighted by Gasteiger charge is -2.41. The van der Waals surface area contributed by atoms with Crippen LogP contribution in [0.5, 0.6) is 0 Å². The number of halogens is 3. The topological polar surface area (TPSA) is 64.7 Å². The molecule has 3 aliphatic heterocycles. The Kier molecular flexibility index (Phi) is 4.43. The first-order valence-corrected chi connectivity index (χ1v) is 8.71. The summed E-state index contributed by atoms with van der Waals surface area (Å²) in [6, 6.07) is 1.31. The number of aldehydes is 1. The molecular weight excluding hydrogens is 361 g/mol. The van der Waals surface area contributed by atoms with Crippen LogP contribution in [0, 0.1) is 28.8 Å². The fraction of sp³-hybridized carbons (Fsp3) is 0.444. The molecule has 1 aromatic carbocycles. The Balaban J connectivity index is 1.44. The maximum atomic E-state index is 13.8. The number of amides is 1. The van der Waals surface area contributed by atoms with Gasteiger partial charge in [-0.2, -0.15) is 0 Å². The van der Waals surface area contributed by atoms with Gasteiger partial charge in [0.15, 0.2) is 11.6 Å². The Morgan fingerprint density at radius 1 is 1.22 bits per heavy atom. The van der Waals surface area contributed by atoms with Crippen molar-refractivity contribution >= 4 is 12.2 Å². The van der Waals surface area contributed by atoms with Gasteiger partial charge in [0.2, 0.25) is 0 Å². The molecule has 3 aliphatic rings. The van der Waals surface area contributed by atoms with E-state index in [1.54, 1.807) is 11.1 Å². The van der Waals surface area contributed by atoms with Gasteiger partial charge in [0.1, 0.15) is 12.1 Å². The summed E-state index contributed by atoms with van der Waals surface area (Å²) in [5, 5.41) is 4.63. The molecular formula is C18H19F3N4O2. The first-order valence-electron chi connectivity index (χ1n) is 8.71. The van der Waals surface area contributed by atoms with Crippen LogP contribution in [-0.4, -0.2) is 54.8 Å². The van der Waals surface area contributed by atoms with Crippen LogP contribution < -0.4 is 10.7 Å². The second-order valence-corrected chi connectivity index (χ2v) is 7.37. The minimum absolute atomic E-state index is 0.0203. The van der Waals surface area contributed by atoms with Crippen LogP contribution in [0.4, 0.5) is 13.2 Å². The number of nitrogens with zero attached hydrogens (tertiary/aromatic N) is 2. The number of rotatable bonds is 4. The van der Waals surface area contributed by atoms with Crippen LogP contribution in [0.2, 0.25) is 0 Å². The molecule has 2 saturated heterocycles. The SMILES string of the molecule is O=C[C@@H]1CN(C(=O)C2=CN(Cc3cc(F)c(F)cc3F)NC2)CC12CNC2. The zero-order chi connectivity index (χ0) is 19.2. The molecule has 27 heavy (non-hydrogen) atoms. The molecule has 1 amide bonds. The zero-order valence-corrected chi connectivity index (χ0v) is 14.5. The number of nitrogens with one attached hydrogen (secondary N) is 2. The first kappa shape index (κ1) is 18.0. The maximum Gasteiger partial charge on any atom is 0.252 e. The summed E-state index contributed by atoms with van der Waals surface area (Å²) < 4.78 is 40.2. The predicted molar refractivity (Wildman–Crippen MR) is 89.4 cm³/mol. The number of carbonyl (C=O) groups excluding carboxylic acids is 2. The molecule has 2 fully saturated rings. The van der Waals surface area contributed by atoms with E-state index >= 15 is 0 Å². The molecule has 0 unspecified atom stereocenters. The highest BCUT2D eigenvalue weighted by molar-refractivity contribution is 5.94. The third kappa shape index (κ3) is 3.10. The summed E-state index contributed by atoms with van der Waals surface area (Å²) in [6.45, 7) is 2.55. The highest BCUT2D eigenvalue weighted by Crippen LogP contribution is 2.38. The quantitative estimate of drug-likeness (QED) is 0.590. The molecule has 0 bridgehead atoms. The second kappa shape index (κ2) is 6.65. The molecule has 0 aliphatic carbocycles. The number of hydrazine groups is 1. The van der Waals surface area contributed by atoms with E-state index in [1.807, 2.05) is 0 Å². The van der Waals surface area contributed by atoms with Crippen molar-refractivity contribution in [3.05, 3.63) is 46.9 Å². The lowest BCUT2D eigenvalue weighted by molar-refractivity contribution is -0.126. The average Bonchev–Trinajstić information content (AvgIpc) is 3.23. The van der Waals surface area contributed by atoms with Gasteiger partial charge in [-0.1, -0.05) is 0 Å². The molecule has 3 heterocycles. The lowest BCUT2D eigenvalue weighted by atomic mass is 9.74. The van der Waals surface area contributed by atoms with Crippen LogP contribution in [0.25, 0.3) is 0 Å². The van der Waals surface area contributed by atoms with Crippen LogP contribution in [0.1, 0.15) is 5.56 Å². The molecule has 1 spiro atoms. The first-order chi connectivity index (χ1) is 12.9. The fourth-order valence-electron chi connectivity index (χ4n) is 3.93. The van der Waals surface area contributed by atoms with Gasteiger partial charge in [0, 0.05) is 61.9 Å². The molecule has 0 saturated carbocycles. The highest BCUT2D eigenvalue weighted by atomic mass is 19.2. The number of hydrogen-bond acceptors (Lipinski definition) is 5. The highest BCUT2D eigenvalue weighted by Gasteiger charge is 2.52. The van der Waals surface area contributed by atoms with Crippen molar-refractivity contribution in [2.45, 2.75) is 6.54 Å². The van der Waals surface area contributed by atoms with E-state index in [-0.39, 0.29) is 35.9 Å². The third-order valence-electron chi connectivity index (χ3n) is 5.60. The predicted octanol–water partition coefficient (Wildman–Crippen LogP) is 0.555. The number of benzene rings is 1. The van der Waals surface area contributed by atoms with Crippen LogP contribution in [0.15, 0.2) is 23.9 Å². The monoisotopic (exact) mass is 380 g/mol. The molecule has 6 nitrogen and oxygen atoms in total. The summed E-state index contributed by atoms with van der Waals surface area (Å²) in [5.41, 5.74) is 3.21. The lowest BCUT2D eigenvalue weighted by Crippen LogP contribution is -2.58. The Hall–Kier alpha value is -2.39. The van der Waals surface area contributed by atoms with Gasteiger partial charge in [-0.25, -0.2) is 18.6 Å². The van der Waals surface area contributed by atoms with Crippen molar-refractivity contribution in [1.29, 1.82) is 0 Å². The Bertz CT molecular complexity index is 825. The van der Waals surface area contributed by atoms with E-state index in [9.17, 15) is 22.8 Å². The van der Waals surface area contributed by atoms with Gasteiger partial charge in [-0.3, -0.25) is 4.79 Å². The van der Waals surface area contributed by atoms with E-state index < -0.39 is 17.5 Å².